The molecule has 0 saturated carbocycles. The van der Waals surface area contributed by atoms with Gasteiger partial charge in [0.15, 0.2) is 6.29 Å². The number of hydrogen-bond donors (Lipinski definition) is 0. The molecule has 6 heteroatoms. The SMILES string of the molecule is CCc1nn2c(C=O)c(-c3cccc(OC)c3)nc2s1. The number of carbonyl (C=O) groups is 1. The summed E-state index contributed by atoms with van der Waals surface area (Å²) < 4.78 is 6.82. The second kappa shape index (κ2) is 5.05. The van der Waals surface area contributed by atoms with Crippen molar-refractivity contribution < 1.29 is 9.53 Å². The maximum absolute atomic E-state index is 11.4. The highest BCUT2D eigenvalue weighted by atomic mass is 32.1. The Kier molecular flexibility index (Phi) is 3.23. The lowest BCUT2D eigenvalue weighted by atomic mass is 10.1. The minimum Gasteiger partial charge on any atom is -0.497 e. The van der Waals surface area contributed by atoms with E-state index in [4.69, 9.17) is 4.74 Å². The lowest BCUT2D eigenvalue weighted by Gasteiger charge is -2.02. The normalized spacial score (nSPS) is 10.9. The van der Waals surface area contributed by atoms with E-state index in [2.05, 4.69) is 10.1 Å². The summed E-state index contributed by atoms with van der Waals surface area (Å²) in [6.45, 7) is 2.03. The number of aldehydes is 1. The molecule has 0 N–H and O–H groups in total. The number of hydrogen-bond acceptors (Lipinski definition) is 5. The molecule has 0 bridgehead atoms. The molecule has 0 radical (unpaired) electrons. The molecule has 5 nitrogen and oxygen atoms in total. The number of ether oxygens (including phenoxy) is 1. The van der Waals surface area contributed by atoms with Gasteiger partial charge in [-0.05, 0) is 18.6 Å². The van der Waals surface area contributed by atoms with Gasteiger partial charge in [-0.25, -0.2) is 4.98 Å². The third-order valence-electron chi connectivity index (χ3n) is 3.04. The maximum Gasteiger partial charge on any atom is 0.213 e. The van der Waals surface area contributed by atoms with Crippen molar-refractivity contribution in [2.24, 2.45) is 0 Å². The van der Waals surface area contributed by atoms with E-state index in [1.165, 1.54) is 11.3 Å². The Morgan fingerprint density at radius 1 is 1.45 bits per heavy atom. The Bertz CT molecular complexity index is 776. The molecule has 0 aliphatic heterocycles. The monoisotopic (exact) mass is 287 g/mol. The summed E-state index contributed by atoms with van der Waals surface area (Å²) in [4.78, 5) is 16.7. The summed E-state index contributed by atoms with van der Waals surface area (Å²) in [5.74, 6) is 0.734. The van der Waals surface area contributed by atoms with Gasteiger partial charge in [-0.15, -0.1) is 0 Å². The third-order valence-corrected chi connectivity index (χ3v) is 4.09. The second-order valence-electron chi connectivity index (χ2n) is 4.24. The topological polar surface area (TPSA) is 56.5 Å². The Hall–Kier alpha value is -2.21. The van der Waals surface area contributed by atoms with Crippen molar-refractivity contribution >= 4 is 22.6 Å². The highest BCUT2D eigenvalue weighted by Gasteiger charge is 2.17. The number of aryl methyl sites for hydroxylation is 1. The van der Waals surface area contributed by atoms with Crippen LogP contribution in [0.4, 0.5) is 0 Å². The van der Waals surface area contributed by atoms with Gasteiger partial charge in [0.25, 0.3) is 0 Å². The fourth-order valence-electron chi connectivity index (χ4n) is 2.04. The van der Waals surface area contributed by atoms with Crippen molar-refractivity contribution in [2.75, 3.05) is 7.11 Å². The van der Waals surface area contributed by atoms with Crippen molar-refractivity contribution in [3.63, 3.8) is 0 Å². The van der Waals surface area contributed by atoms with E-state index in [1.807, 2.05) is 31.2 Å². The minimum absolute atomic E-state index is 0.476. The molecule has 0 saturated heterocycles. The molecule has 0 aliphatic rings. The quantitative estimate of drug-likeness (QED) is 0.692. The number of imidazole rings is 1. The van der Waals surface area contributed by atoms with Crippen LogP contribution in [0.15, 0.2) is 24.3 Å². The van der Waals surface area contributed by atoms with Crippen molar-refractivity contribution in [3.05, 3.63) is 35.0 Å². The molecule has 2 aromatic heterocycles. The lowest BCUT2D eigenvalue weighted by Crippen LogP contribution is -1.95. The molecule has 3 rings (SSSR count). The smallest absolute Gasteiger partial charge is 0.213 e. The van der Waals surface area contributed by atoms with Crippen LogP contribution in [0.2, 0.25) is 0 Å². The molecule has 0 amide bonds. The van der Waals surface area contributed by atoms with Gasteiger partial charge in [-0.2, -0.15) is 9.61 Å². The average Bonchev–Trinajstić information content (AvgIpc) is 3.03. The third kappa shape index (κ3) is 1.98. The van der Waals surface area contributed by atoms with Gasteiger partial charge in [0.05, 0.1) is 7.11 Å². The van der Waals surface area contributed by atoms with Crippen LogP contribution in [-0.2, 0) is 6.42 Å². The first-order valence-corrected chi connectivity index (χ1v) is 7.06. The molecule has 0 unspecified atom stereocenters. The standard InChI is InChI=1S/C14H13N3O2S/c1-3-12-16-17-11(8-18)13(15-14(17)20-12)9-5-4-6-10(7-9)19-2/h4-8H,3H2,1-2H3. The van der Waals surface area contributed by atoms with Crippen LogP contribution in [0.3, 0.4) is 0 Å². The van der Waals surface area contributed by atoms with Crippen LogP contribution in [0.5, 0.6) is 5.75 Å². The van der Waals surface area contributed by atoms with Gasteiger partial charge in [0.1, 0.15) is 22.1 Å². The molecule has 0 fully saturated rings. The number of aromatic nitrogens is 3. The van der Waals surface area contributed by atoms with Gasteiger partial charge < -0.3 is 4.74 Å². The Morgan fingerprint density at radius 2 is 2.30 bits per heavy atom. The average molecular weight is 287 g/mol. The molecule has 20 heavy (non-hydrogen) atoms. The predicted molar refractivity (Wildman–Crippen MR) is 77.6 cm³/mol. The first-order chi connectivity index (χ1) is 9.76. The predicted octanol–water partition coefficient (Wildman–Crippen LogP) is 2.84. The Labute approximate surface area is 119 Å². The minimum atomic E-state index is 0.476. The number of carbonyl (C=O) groups excluding carboxylic acids is 1. The van der Waals surface area contributed by atoms with Crippen LogP contribution in [0, 0.1) is 0 Å². The molecule has 0 atom stereocenters. The van der Waals surface area contributed by atoms with Crippen LogP contribution in [-0.4, -0.2) is 28.0 Å². The van der Waals surface area contributed by atoms with Crippen LogP contribution in [0.1, 0.15) is 22.4 Å². The summed E-state index contributed by atoms with van der Waals surface area (Å²) in [7, 11) is 1.61. The molecular weight excluding hydrogens is 274 g/mol. The van der Waals surface area contributed by atoms with E-state index in [1.54, 1.807) is 11.6 Å². The fourth-order valence-corrected chi connectivity index (χ4v) is 2.88. The van der Waals surface area contributed by atoms with E-state index in [9.17, 15) is 4.79 Å². The summed E-state index contributed by atoms with van der Waals surface area (Å²) in [6, 6.07) is 7.50. The van der Waals surface area contributed by atoms with Crippen molar-refractivity contribution in [1.82, 2.24) is 14.6 Å². The highest BCUT2D eigenvalue weighted by molar-refractivity contribution is 7.16. The zero-order valence-corrected chi connectivity index (χ0v) is 12.0. The first kappa shape index (κ1) is 12.8. The molecule has 102 valence electrons. The largest absolute Gasteiger partial charge is 0.497 e. The molecule has 1 aromatic carbocycles. The summed E-state index contributed by atoms with van der Waals surface area (Å²) in [5.41, 5.74) is 1.96. The zero-order chi connectivity index (χ0) is 14.1. The first-order valence-electron chi connectivity index (χ1n) is 6.25. The Balaban J connectivity index is 2.19. The molecule has 2 heterocycles. The highest BCUT2D eigenvalue weighted by Crippen LogP contribution is 2.28. The van der Waals surface area contributed by atoms with Gasteiger partial charge in [0, 0.05) is 5.56 Å². The van der Waals surface area contributed by atoms with Crippen molar-refractivity contribution in [3.8, 4) is 17.0 Å². The van der Waals surface area contributed by atoms with E-state index in [0.29, 0.717) is 11.4 Å². The van der Waals surface area contributed by atoms with Gasteiger partial charge in [0.2, 0.25) is 4.96 Å². The number of methoxy groups -OCH3 is 1. The van der Waals surface area contributed by atoms with Gasteiger partial charge in [-0.3, -0.25) is 4.79 Å². The summed E-state index contributed by atoms with van der Waals surface area (Å²) in [5, 5.41) is 5.37. The number of fused-ring (bicyclic) bond motifs is 1. The fraction of sp³-hybridized carbons (Fsp3) is 0.214. The van der Waals surface area contributed by atoms with Crippen LogP contribution < -0.4 is 4.74 Å². The maximum atomic E-state index is 11.4. The molecular formula is C14H13N3O2S. The number of rotatable bonds is 4. The van der Waals surface area contributed by atoms with E-state index in [-0.39, 0.29) is 0 Å². The van der Waals surface area contributed by atoms with Crippen LogP contribution in [0.25, 0.3) is 16.2 Å². The Morgan fingerprint density at radius 3 is 3.00 bits per heavy atom. The van der Waals surface area contributed by atoms with E-state index >= 15 is 0 Å². The van der Waals surface area contributed by atoms with Crippen molar-refractivity contribution in [2.45, 2.75) is 13.3 Å². The number of nitrogens with zero attached hydrogens (tertiary/aromatic N) is 3. The molecule has 3 aromatic rings. The lowest BCUT2D eigenvalue weighted by molar-refractivity contribution is 0.111. The second-order valence-corrected chi connectivity index (χ2v) is 5.28. The van der Waals surface area contributed by atoms with Gasteiger partial charge in [-0.1, -0.05) is 30.4 Å². The van der Waals surface area contributed by atoms with Gasteiger partial charge >= 0.3 is 0 Å². The van der Waals surface area contributed by atoms with E-state index < -0.39 is 0 Å². The van der Waals surface area contributed by atoms with E-state index in [0.717, 1.165) is 34.0 Å². The van der Waals surface area contributed by atoms with Crippen molar-refractivity contribution in [1.29, 1.82) is 0 Å². The van der Waals surface area contributed by atoms with Crippen LogP contribution >= 0.6 is 11.3 Å². The zero-order valence-electron chi connectivity index (χ0n) is 11.2. The molecule has 0 spiro atoms. The summed E-state index contributed by atoms with van der Waals surface area (Å²) in [6.07, 6.45) is 1.63. The number of benzene rings is 1. The molecule has 0 aliphatic carbocycles. The summed E-state index contributed by atoms with van der Waals surface area (Å²) >= 11 is 1.50.